The van der Waals surface area contributed by atoms with E-state index in [9.17, 15) is 19.8 Å². The maximum atomic E-state index is 13.0. The maximum Gasteiger partial charge on any atom is 0.342 e. The minimum atomic E-state index is -0.640. The van der Waals surface area contributed by atoms with Crippen LogP contribution in [-0.2, 0) is 15.9 Å². The molecule has 3 aliphatic carbocycles. The van der Waals surface area contributed by atoms with E-state index in [0.717, 1.165) is 12.8 Å². The number of phenolic OH excluding ortho intramolecular Hbond substituents is 2. The molecule has 0 heterocycles. The first-order chi connectivity index (χ1) is 16.5. The summed E-state index contributed by atoms with van der Waals surface area (Å²) in [5, 5.41) is 20.3. The van der Waals surface area contributed by atoms with Gasteiger partial charge in [0.05, 0.1) is 0 Å². The maximum absolute atomic E-state index is 13.0. The zero-order valence-corrected chi connectivity index (χ0v) is 18.3. The Hall–Kier alpha value is -3.80. The van der Waals surface area contributed by atoms with E-state index in [0.29, 0.717) is 5.92 Å². The van der Waals surface area contributed by atoms with Crippen LogP contribution in [0.1, 0.15) is 44.2 Å². The minimum absolute atomic E-state index is 0.00984. The molecule has 3 aromatic carbocycles. The molecule has 2 saturated carbocycles. The third kappa shape index (κ3) is 3.16. The number of phenols is 2. The average Bonchev–Trinajstić information content (AvgIpc) is 3.49. The molecular weight excluding hydrogens is 432 g/mol. The lowest BCUT2D eigenvalue weighted by atomic mass is 9.76. The molecule has 34 heavy (non-hydrogen) atoms. The van der Waals surface area contributed by atoms with Gasteiger partial charge in [0.25, 0.3) is 0 Å². The molecule has 6 rings (SSSR count). The average molecular weight is 456 g/mol. The number of hydrogen-bond acceptors (Lipinski definition) is 6. The zero-order chi connectivity index (χ0) is 23.4. The van der Waals surface area contributed by atoms with Crippen LogP contribution in [0.15, 0.2) is 72.8 Å². The Balaban J connectivity index is 1.33. The summed E-state index contributed by atoms with van der Waals surface area (Å²) >= 11 is 0. The van der Waals surface area contributed by atoms with Crippen molar-refractivity contribution in [3.8, 4) is 11.5 Å². The second-order valence-electron chi connectivity index (χ2n) is 9.43. The topological polar surface area (TPSA) is 93.1 Å². The SMILES string of the molecule is O=C(OC1C2CC(C1OC(=O)c1ccccc1O)C1c3ccccc3CC21)c1ccccc1O. The molecule has 172 valence electrons. The van der Waals surface area contributed by atoms with Crippen LogP contribution in [0.5, 0.6) is 11.5 Å². The Kier molecular flexibility index (Phi) is 4.83. The first kappa shape index (κ1) is 20.8. The van der Waals surface area contributed by atoms with E-state index in [1.807, 2.05) is 12.1 Å². The fourth-order valence-electron chi connectivity index (χ4n) is 6.44. The number of carbonyl (C=O) groups is 2. The molecule has 0 saturated heterocycles. The van der Waals surface area contributed by atoms with Gasteiger partial charge in [0.1, 0.15) is 34.8 Å². The molecule has 0 spiro atoms. The normalized spacial score (nSPS) is 28.2. The van der Waals surface area contributed by atoms with Crippen LogP contribution in [0.2, 0.25) is 0 Å². The number of esters is 2. The molecule has 2 bridgehead atoms. The van der Waals surface area contributed by atoms with Gasteiger partial charge >= 0.3 is 11.9 Å². The largest absolute Gasteiger partial charge is 0.507 e. The van der Waals surface area contributed by atoms with Crippen molar-refractivity contribution >= 4 is 11.9 Å². The van der Waals surface area contributed by atoms with Gasteiger partial charge in [-0.25, -0.2) is 9.59 Å². The lowest BCUT2D eigenvalue weighted by molar-refractivity contribution is -0.0700. The second kappa shape index (κ2) is 7.90. The molecule has 0 aliphatic heterocycles. The molecule has 6 nitrogen and oxygen atoms in total. The predicted octanol–water partition coefficient (Wildman–Crippen LogP) is 4.45. The number of rotatable bonds is 4. The number of aromatic hydroxyl groups is 2. The highest BCUT2D eigenvalue weighted by molar-refractivity contribution is 5.93. The molecule has 0 amide bonds. The molecule has 2 fully saturated rings. The van der Waals surface area contributed by atoms with Gasteiger partial charge in [-0.3, -0.25) is 0 Å². The number of benzene rings is 3. The minimum Gasteiger partial charge on any atom is -0.507 e. The van der Waals surface area contributed by atoms with Gasteiger partial charge in [-0.05, 0) is 60.1 Å². The van der Waals surface area contributed by atoms with E-state index in [1.54, 1.807) is 24.3 Å². The molecule has 3 aromatic rings. The Morgan fingerprint density at radius 3 is 1.82 bits per heavy atom. The van der Waals surface area contributed by atoms with Crippen molar-refractivity contribution in [2.75, 3.05) is 0 Å². The van der Waals surface area contributed by atoms with Gasteiger partial charge in [0, 0.05) is 11.8 Å². The van der Waals surface area contributed by atoms with Gasteiger partial charge in [0.15, 0.2) is 0 Å². The highest BCUT2D eigenvalue weighted by atomic mass is 16.6. The number of fused-ring (bicyclic) bond motifs is 7. The summed E-state index contributed by atoms with van der Waals surface area (Å²) in [6.45, 7) is 0. The summed E-state index contributed by atoms with van der Waals surface area (Å²) in [4.78, 5) is 26.0. The van der Waals surface area contributed by atoms with Crippen molar-refractivity contribution in [3.63, 3.8) is 0 Å². The molecule has 0 aromatic heterocycles. The predicted molar refractivity (Wildman–Crippen MR) is 123 cm³/mol. The molecule has 0 radical (unpaired) electrons. The van der Waals surface area contributed by atoms with Crippen molar-refractivity contribution < 1.29 is 29.3 Å². The summed E-state index contributed by atoms with van der Waals surface area (Å²) in [6.07, 6.45) is 0.440. The first-order valence-electron chi connectivity index (χ1n) is 11.6. The van der Waals surface area contributed by atoms with Crippen molar-refractivity contribution in [1.82, 2.24) is 0 Å². The van der Waals surface area contributed by atoms with E-state index >= 15 is 0 Å². The lowest BCUT2D eigenvalue weighted by Crippen LogP contribution is -2.45. The summed E-state index contributed by atoms with van der Waals surface area (Å²) in [5.41, 5.74) is 2.75. The first-order valence-corrected chi connectivity index (χ1v) is 11.6. The van der Waals surface area contributed by atoms with Crippen LogP contribution < -0.4 is 0 Å². The number of ether oxygens (including phenoxy) is 2. The van der Waals surface area contributed by atoms with Crippen LogP contribution >= 0.6 is 0 Å². The fourth-order valence-corrected chi connectivity index (χ4v) is 6.44. The van der Waals surface area contributed by atoms with Crippen molar-refractivity contribution in [2.24, 2.45) is 17.8 Å². The Morgan fingerprint density at radius 2 is 1.21 bits per heavy atom. The number of para-hydroxylation sites is 2. The molecule has 6 atom stereocenters. The van der Waals surface area contributed by atoms with Gasteiger partial charge in [-0.2, -0.15) is 0 Å². The quantitative estimate of drug-likeness (QED) is 0.564. The number of carbonyl (C=O) groups excluding carboxylic acids is 2. The third-order valence-electron chi connectivity index (χ3n) is 7.79. The number of hydrogen-bond donors (Lipinski definition) is 2. The van der Waals surface area contributed by atoms with Crippen LogP contribution in [0.3, 0.4) is 0 Å². The van der Waals surface area contributed by atoms with E-state index in [2.05, 4.69) is 12.1 Å². The van der Waals surface area contributed by atoms with E-state index in [4.69, 9.17) is 9.47 Å². The van der Waals surface area contributed by atoms with Crippen molar-refractivity contribution in [2.45, 2.75) is 31.0 Å². The molecule has 3 aliphatic rings. The van der Waals surface area contributed by atoms with Crippen molar-refractivity contribution in [1.29, 1.82) is 0 Å². The van der Waals surface area contributed by atoms with E-state index < -0.39 is 24.1 Å². The second-order valence-corrected chi connectivity index (χ2v) is 9.43. The lowest BCUT2D eigenvalue weighted by Gasteiger charge is -2.37. The van der Waals surface area contributed by atoms with Gasteiger partial charge < -0.3 is 19.7 Å². The van der Waals surface area contributed by atoms with Crippen LogP contribution in [-0.4, -0.2) is 34.4 Å². The molecule has 6 heteroatoms. The fraction of sp³-hybridized carbons (Fsp3) is 0.286. The highest BCUT2D eigenvalue weighted by Crippen LogP contribution is 2.62. The van der Waals surface area contributed by atoms with Crippen LogP contribution in [0.4, 0.5) is 0 Å². The molecule has 6 unspecified atom stereocenters. The summed E-state index contributed by atoms with van der Waals surface area (Å²) in [6, 6.07) is 20.9. The smallest absolute Gasteiger partial charge is 0.342 e. The monoisotopic (exact) mass is 456 g/mol. The molecular formula is C28H24O6. The Morgan fingerprint density at radius 1 is 0.676 bits per heavy atom. The van der Waals surface area contributed by atoms with E-state index in [1.165, 1.54) is 35.4 Å². The Bertz CT molecular complexity index is 1280. The van der Waals surface area contributed by atoms with Gasteiger partial charge in [0.2, 0.25) is 0 Å². The standard InChI is InChI=1S/C28H24O6/c29-22-11-5-3-9-17(22)27(31)33-25-20-14-21(24-16-8-2-1-7-15(16)13-19(20)24)26(25)34-28(32)18-10-4-6-12-23(18)30/h1-12,19-21,24-26,29-30H,13-14H2. The summed E-state index contributed by atoms with van der Waals surface area (Å²) in [7, 11) is 0. The summed E-state index contributed by atoms with van der Waals surface area (Å²) in [5.74, 6) is -0.969. The summed E-state index contributed by atoms with van der Waals surface area (Å²) < 4.78 is 11.9. The molecule has 2 N–H and O–H groups in total. The van der Waals surface area contributed by atoms with E-state index in [-0.39, 0.29) is 40.4 Å². The zero-order valence-electron chi connectivity index (χ0n) is 18.3. The van der Waals surface area contributed by atoms with Gasteiger partial charge in [-0.15, -0.1) is 0 Å². The van der Waals surface area contributed by atoms with Crippen molar-refractivity contribution in [3.05, 3.63) is 95.1 Å². The Labute approximate surface area is 196 Å². The highest BCUT2D eigenvalue weighted by Gasteiger charge is 2.63. The van der Waals surface area contributed by atoms with Crippen LogP contribution in [0.25, 0.3) is 0 Å². The third-order valence-corrected chi connectivity index (χ3v) is 7.79. The van der Waals surface area contributed by atoms with Crippen LogP contribution in [0, 0.1) is 17.8 Å². The van der Waals surface area contributed by atoms with Gasteiger partial charge in [-0.1, -0.05) is 48.5 Å².